The molecule has 0 amide bonds. The summed E-state index contributed by atoms with van der Waals surface area (Å²) in [7, 11) is 0. The van der Waals surface area contributed by atoms with Crippen LogP contribution in [-0.4, -0.2) is 47.2 Å². The molecular weight excluding hydrogens is 298 g/mol. The van der Waals surface area contributed by atoms with Crippen LogP contribution in [0.2, 0.25) is 0 Å². The number of ether oxygens (including phenoxy) is 1. The molecule has 2 aliphatic heterocycles. The topological polar surface area (TPSA) is 101 Å². The predicted molar refractivity (Wildman–Crippen MR) is 81.9 cm³/mol. The summed E-state index contributed by atoms with van der Waals surface area (Å²) in [4.78, 5) is 28.7. The van der Waals surface area contributed by atoms with E-state index in [1.54, 1.807) is 24.4 Å². The predicted octanol–water partition coefficient (Wildman–Crippen LogP) is 0.420. The quantitative estimate of drug-likeness (QED) is 0.694. The molecule has 7 nitrogen and oxygen atoms in total. The minimum Gasteiger partial charge on any atom is -0.481 e. The first kappa shape index (κ1) is 15.9. The summed E-state index contributed by atoms with van der Waals surface area (Å²) >= 11 is 0. The van der Waals surface area contributed by atoms with Crippen molar-refractivity contribution in [3.8, 4) is 5.88 Å². The minimum absolute atomic E-state index is 0.222. The van der Waals surface area contributed by atoms with Crippen LogP contribution < -0.4 is 15.4 Å². The van der Waals surface area contributed by atoms with Gasteiger partial charge in [0.1, 0.15) is 0 Å². The first-order valence-electron chi connectivity index (χ1n) is 7.64. The summed E-state index contributed by atoms with van der Waals surface area (Å²) in [6, 6.07) is 5.08. The third-order valence-corrected chi connectivity index (χ3v) is 5.27. The lowest BCUT2D eigenvalue weighted by Crippen LogP contribution is -2.75. The lowest BCUT2D eigenvalue weighted by molar-refractivity contribution is -0.171. The zero-order valence-corrected chi connectivity index (χ0v) is 13.3. The van der Waals surface area contributed by atoms with Gasteiger partial charge in [-0.15, -0.1) is 0 Å². The minimum atomic E-state index is -1.00. The van der Waals surface area contributed by atoms with Crippen LogP contribution in [0, 0.1) is 10.8 Å². The molecule has 2 fully saturated rings. The van der Waals surface area contributed by atoms with Crippen LogP contribution in [0.25, 0.3) is 0 Å². The smallest absolute Gasteiger partial charge is 0.322 e. The number of fused-ring (bicyclic) bond motifs is 2. The van der Waals surface area contributed by atoms with Crippen molar-refractivity contribution in [2.75, 3.05) is 19.6 Å². The Bertz CT molecular complexity index is 633. The number of carboxylic acids is 1. The molecule has 2 bridgehead atoms. The number of aliphatic carboxylic acids is 1. The molecule has 0 radical (unpaired) electrons. The van der Waals surface area contributed by atoms with Gasteiger partial charge < -0.3 is 20.5 Å². The lowest BCUT2D eigenvalue weighted by atomic mass is 9.56. The number of carboxylic acid groups (broad SMARTS) is 1. The fourth-order valence-electron chi connectivity index (χ4n) is 3.57. The van der Waals surface area contributed by atoms with E-state index in [0.29, 0.717) is 19.6 Å². The molecule has 3 heterocycles. The highest BCUT2D eigenvalue weighted by Gasteiger charge is 2.64. The molecular formula is C16H21N3O4. The number of nitrogens with zero attached hydrogens (tertiary/aromatic N) is 1. The SMILES string of the molecule is CC1(C)NCC2(C(=O)O)CNCC1(C(=O)Oc1ccccn1)C2. The van der Waals surface area contributed by atoms with Gasteiger partial charge in [-0.1, -0.05) is 6.07 Å². The Balaban J connectivity index is 1.95. The standard InChI is InChI=1S/C16H21N3O4/c1-14(2)16(13(22)23-11-5-3-4-6-18-11)7-15(9-19-14,12(20)21)8-17-10-16/h3-6,17,19H,7-10H2,1-2H3,(H,20,21). The van der Waals surface area contributed by atoms with E-state index in [4.69, 9.17) is 4.74 Å². The van der Waals surface area contributed by atoms with Crippen molar-refractivity contribution in [3.05, 3.63) is 24.4 Å². The molecule has 1 aromatic heterocycles. The maximum Gasteiger partial charge on any atom is 0.322 e. The molecule has 7 heteroatoms. The van der Waals surface area contributed by atoms with Crippen molar-refractivity contribution in [1.29, 1.82) is 0 Å². The molecule has 23 heavy (non-hydrogen) atoms. The van der Waals surface area contributed by atoms with Crippen LogP contribution in [0.1, 0.15) is 20.3 Å². The largest absolute Gasteiger partial charge is 0.481 e. The van der Waals surface area contributed by atoms with Crippen molar-refractivity contribution in [1.82, 2.24) is 15.6 Å². The molecule has 0 aromatic carbocycles. The number of pyridine rings is 1. The normalized spacial score (nSPS) is 32.1. The van der Waals surface area contributed by atoms with Crippen LogP contribution in [0.15, 0.2) is 24.4 Å². The molecule has 0 spiro atoms. The molecule has 1 aromatic rings. The van der Waals surface area contributed by atoms with Crippen LogP contribution in [-0.2, 0) is 9.59 Å². The highest BCUT2D eigenvalue weighted by Crippen LogP contribution is 2.49. The van der Waals surface area contributed by atoms with E-state index in [1.165, 1.54) is 0 Å². The number of piperidine rings is 2. The second-order valence-corrected chi connectivity index (χ2v) is 6.98. The molecule has 0 aliphatic carbocycles. The number of aromatic nitrogens is 1. The van der Waals surface area contributed by atoms with E-state index in [-0.39, 0.29) is 12.3 Å². The van der Waals surface area contributed by atoms with Gasteiger partial charge in [0, 0.05) is 37.4 Å². The Morgan fingerprint density at radius 3 is 2.70 bits per heavy atom. The maximum atomic E-state index is 12.9. The number of carbonyl (C=O) groups excluding carboxylic acids is 1. The van der Waals surface area contributed by atoms with Gasteiger partial charge in [-0.2, -0.15) is 0 Å². The second kappa shape index (κ2) is 5.28. The second-order valence-electron chi connectivity index (χ2n) is 6.98. The van der Waals surface area contributed by atoms with Crippen LogP contribution in [0.4, 0.5) is 0 Å². The monoisotopic (exact) mass is 319 g/mol. The van der Waals surface area contributed by atoms with Gasteiger partial charge in [-0.25, -0.2) is 4.98 Å². The summed E-state index contributed by atoms with van der Waals surface area (Å²) in [5, 5.41) is 16.0. The van der Waals surface area contributed by atoms with Crippen molar-refractivity contribution in [3.63, 3.8) is 0 Å². The fourth-order valence-corrected chi connectivity index (χ4v) is 3.57. The van der Waals surface area contributed by atoms with Gasteiger partial charge in [0.05, 0.1) is 10.8 Å². The number of hydrogen-bond acceptors (Lipinski definition) is 6. The average Bonchev–Trinajstić information content (AvgIpc) is 2.53. The van der Waals surface area contributed by atoms with Gasteiger partial charge >= 0.3 is 11.9 Å². The van der Waals surface area contributed by atoms with Crippen molar-refractivity contribution in [2.24, 2.45) is 10.8 Å². The lowest BCUT2D eigenvalue weighted by Gasteiger charge is -2.57. The summed E-state index contributed by atoms with van der Waals surface area (Å²) < 4.78 is 5.47. The number of carbonyl (C=O) groups is 2. The van der Waals surface area contributed by atoms with Gasteiger partial charge in [0.2, 0.25) is 5.88 Å². The third kappa shape index (κ3) is 2.40. The first-order chi connectivity index (χ1) is 10.8. The van der Waals surface area contributed by atoms with E-state index in [1.807, 2.05) is 13.8 Å². The molecule has 2 aliphatic rings. The zero-order chi connectivity index (χ0) is 16.7. The van der Waals surface area contributed by atoms with Crippen molar-refractivity contribution in [2.45, 2.75) is 25.8 Å². The van der Waals surface area contributed by atoms with Gasteiger partial charge in [-0.05, 0) is 26.3 Å². The Kier molecular flexibility index (Phi) is 3.65. The Morgan fingerprint density at radius 2 is 2.04 bits per heavy atom. The van der Waals surface area contributed by atoms with Crippen LogP contribution in [0.3, 0.4) is 0 Å². The van der Waals surface area contributed by atoms with Gasteiger partial charge in [-0.3, -0.25) is 9.59 Å². The van der Waals surface area contributed by atoms with Crippen LogP contribution >= 0.6 is 0 Å². The fraction of sp³-hybridized carbons (Fsp3) is 0.562. The highest BCUT2D eigenvalue weighted by molar-refractivity contribution is 5.84. The first-order valence-corrected chi connectivity index (χ1v) is 7.64. The highest BCUT2D eigenvalue weighted by atomic mass is 16.5. The molecule has 3 N–H and O–H groups in total. The van der Waals surface area contributed by atoms with E-state index in [9.17, 15) is 14.7 Å². The van der Waals surface area contributed by atoms with E-state index < -0.39 is 28.3 Å². The van der Waals surface area contributed by atoms with Gasteiger partial charge in [0.15, 0.2) is 0 Å². The molecule has 2 atom stereocenters. The van der Waals surface area contributed by atoms with E-state index in [0.717, 1.165) is 0 Å². The third-order valence-electron chi connectivity index (χ3n) is 5.27. The Labute approximate surface area is 134 Å². The molecule has 3 rings (SSSR count). The van der Waals surface area contributed by atoms with Gasteiger partial charge in [0.25, 0.3) is 0 Å². The number of rotatable bonds is 3. The number of nitrogens with one attached hydrogen (secondary N) is 2. The van der Waals surface area contributed by atoms with E-state index >= 15 is 0 Å². The zero-order valence-electron chi connectivity index (χ0n) is 13.3. The van der Waals surface area contributed by atoms with Crippen LogP contribution in [0.5, 0.6) is 5.88 Å². The maximum absolute atomic E-state index is 12.9. The summed E-state index contributed by atoms with van der Waals surface area (Å²) in [6.45, 7) is 4.84. The summed E-state index contributed by atoms with van der Waals surface area (Å²) in [5.41, 5.74) is -2.57. The van der Waals surface area contributed by atoms with Crippen molar-refractivity contribution >= 4 is 11.9 Å². The summed E-state index contributed by atoms with van der Waals surface area (Å²) in [6.07, 6.45) is 1.79. The molecule has 2 unspecified atom stereocenters. The molecule has 0 saturated carbocycles. The molecule has 124 valence electrons. The van der Waals surface area contributed by atoms with E-state index in [2.05, 4.69) is 15.6 Å². The number of esters is 1. The van der Waals surface area contributed by atoms with Crippen molar-refractivity contribution < 1.29 is 19.4 Å². The Morgan fingerprint density at radius 1 is 1.26 bits per heavy atom. The summed E-state index contributed by atoms with van der Waals surface area (Å²) in [5.74, 6) is -1.13. The molecule has 2 saturated heterocycles. The Hall–Kier alpha value is -1.99. The number of hydrogen-bond donors (Lipinski definition) is 3. The average molecular weight is 319 g/mol.